The molecule has 7 rings (SSSR count). The van der Waals surface area contributed by atoms with E-state index in [0.717, 1.165) is 33.2 Å². The van der Waals surface area contributed by atoms with Crippen LogP contribution in [0.25, 0.3) is 16.8 Å². The Balaban J connectivity index is 1.39. The third kappa shape index (κ3) is 3.45. The minimum Gasteiger partial charge on any atom is -0.310 e. The van der Waals surface area contributed by atoms with Gasteiger partial charge in [0.2, 0.25) is 0 Å². The van der Waals surface area contributed by atoms with Crippen molar-refractivity contribution in [2.45, 2.75) is 19.3 Å². The van der Waals surface area contributed by atoms with Crippen molar-refractivity contribution in [1.29, 1.82) is 0 Å². The first-order chi connectivity index (χ1) is 18.8. The van der Waals surface area contributed by atoms with Crippen LogP contribution in [-0.2, 0) is 5.41 Å². The SMILES string of the molecule is Bc1ccc2c(c1)C(=O)/C(=C\c1ccc3c4c(ccc3c1)N(c1ccccc1)c1ccccc1C4(C)C)C2=O. The molecule has 5 aromatic carbocycles. The van der Waals surface area contributed by atoms with Crippen molar-refractivity contribution in [2.24, 2.45) is 0 Å². The number of para-hydroxylation sites is 2. The highest BCUT2D eigenvalue weighted by Gasteiger charge is 2.38. The molecule has 0 aromatic heterocycles. The molecule has 1 heterocycles. The Morgan fingerprint density at radius 3 is 2.28 bits per heavy atom. The van der Waals surface area contributed by atoms with Crippen LogP contribution >= 0.6 is 0 Å². The summed E-state index contributed by atoms with van der Waals surface area (Å²) >= 11 is 0. The van der Waals surface area contributed by atoms with Crippen LogP contribution in [0.2, 0.25) is 0 Å². The predicted octanol–water partition coefficient (Wildman–Crippen LogP) is 6.67. The van der Waals surface area contributed by atoms with Crippen molar-refractivity contribution in [3.8, 4) is 0 Å². The summed E-state index contributed by atoms with van der Waals surface area (Å²) in [6.45, 7) is 4.58. The van der Waals surface area contributed by atoms with Crippen LogP contribution in [0.3, 0.4) is 0 Å². The second-order valence-electron chi connectivity index (χ2n) is 11.0. The van der Waals surface area contributed by atoms with E-state index in [-0.39, 0.29) is 22.6 Å². The highest BCUT2D eigenvalue weighted by molar-refractivity contribution is 6.43. The molecule has 0 N–H and O–H groups in total. The van der Waals surface area contributed by atoms with E-state index in [2.05, 4.69) is 91.5 Å². The second kappa shape index (κ2) is 8.41. The van der Waals surface area contributed by atoms with E-state index in [9.17, 15) is 9.59 Å². The van der Waals surface area contributed by atoms with E-state index >= 15 is 0 Å². The summed E-state index contributed by atoms with van der Waals surface area (Å²) in [6, 6.07) is 35.1. The summed E-state index contributed by atoms with van der Waals surface area (Å²) in [4.78, 5) is 28.5. The van der Waals surface area contributed by atoms with Gasteiger partial charge in [-0.25, -0.2) is 0 Å². The molecule has 39 heavy (non-hydrogen) atoms. The number of hydrogen-bond acceptors (Lipinski definition) is 3. The summed E-state index contributed by atoms with van der Waals surface area (Å²) in [5.41, 5.74) is 8.83. The van der Waals surface area contributed by atoms with Gasteiger partial charge in [0.15, 0.2) is 11.6 Å². The molecule has 1 aliphatic carbocycles. The first-order valence-electron chi connectivity index (χ1n) is 13.3. The minimum absolute atomic E-state index is 0.194. The topological polar surface area (TPSA) is 37.4 Å². The van der Waals surface area contributed by atoms with E-state index < -0.39 is 0 Å². The molecule has 186 valence electrons. The van der Waals surface area contributed by atoms with E-state index in [0.29, 0.717) is 11.1 Å². The second-order valence-corrected chi connectivity index (χ2v) is 11.0. The van der Waals surface area contributed by atoms with Gasteiger partial charge in [-0.05, 0) is 63.9 Å². The first-order valence-corrected chi connectivity index (χ1v) is 13.3. The Hall–Kier alpha value is -4.70. The number of fused-ring (bicyclic) bond motifs is 5. The van der Waals surface area contributed by atoms with Crippen LogP contribution in [0.4, 0.5) is 17.1 Å². The van der Waals surface area contributed by atoms with Gasteiger partial charge in [-0.3, -0.25) is 9.59 Å². The number of benzene rings is 5. The molecule has 3 nitrogen and oxygen atoms in total. The van der Waals surface area contributed by atoms with Gasteiger partial charge in [0.25, 0.3) is 0 Å². The number of anilines is 3. The summed E-state index contributed by atoms with van der Waals surface area (Å²) in [7, 11) is 1.93. The fourth-order valence-electron chi connectivity index (χ4n) is 6.32. The maximum atomic E-state index is 13.1. The Morgan fingerprint density at radius 2 is 1.46 bits per heavy atom. The van der Waals surface area contributed by atoms with Gasteiger partial charge in [-0.1, -0.05) is 92.1 Å². The van der Waals surface area contributed by atoms with Crippen LogP contribution in [0.15, 0.2) is 109 Å². The number of hydrogen-bond donors (Lipinski definition) is 0. The number of allylic oxidation sites excluding steroid dienone is 1. The third-order valence-electron chi connectivity index (χ3n) is 8.19. The molecular weight excluding hydrogens is 477 g/mol. The zero-order chi connectivity index (χ0) is 26.9. The number of rotatable bonds is 2. The van der Waals surface area contributed by atoms with Gasteiger partial charge in [0.1, 0.15) is 7.85 Å². The molecule has 2 aliphatic rings. The highest BCUT2D eigenvalue weighted by atomic mass is 16.2. The first kappa shape index (κ1) is 23.4. The molecule has 1 aliphatic heterocycles. The smallest absolute Gasteiger partial charge is 0.197 e. The molecule has 0 saturated heterocycles. The number of Topliss-reactive ketones (excluding diaryl/α,β-unsaturated/α-hetero) is 2. The summed E-state index contributed by atoms with van der Waals surface area (Å²) < 4.78 is 0. The fourth-order valence-corrected chi connectivity index (χ4v) is 6.32. The lowest BCUT2D eigenvalue weighted by molar-refractivity contribution is 0.0990. The van der Waals surface area contributed by atoms with Gasteiger partial charge < -0.3 is 4.90 Å². The quantitative estimate of drug-likeness (QED) is 0.153. The van der Waals surface area contributed by atoms with Gasteiger partial charge in [0, 0.05) is 22.2 Å². The summed E-state index contributed by atoms with van der Waals surface area (Å²) in [6.07, 6.45) is 1.75. The standard InChI is InChI=1S/C35H26BNO2/c1-35(2)29-10-6-7-11-30(29)37(24-8-4-3-5-9-24)31-17-13-22-18-21(12-15-25(22)32(31)35)19-28-33(38)26-16-14-23(36)20-27(26)34(28)39/h3-20H,36H2,1-2H3/b28-19-. The zero-order valence-electron chi connectivity index (χ0n) is 22.2. The van der Waals surface area contributed by atoms with Crippen LogP contribution < -0.4 is 10.4 Å². The third-order valence-corrected chi connectivity index (χ3v) is 8.19. The molecule has 0 atom stereocenters. The highest BCUT2D eigenvalue weighted by Crippen LogP contribution is 2.53. The molecule has 4 heteroatoms. The molecule has 5 aromatic rings. The molecule has 0 radical (unpaired) electrons. The number of carbonyl (C=O) groups excluding carboxylic acids is 2. The molecule has 0 unspecified atom stereocenters. The zero-order valence-corrected chi connectivity index (χ0v) is 22.2. The molecule has 0 saturated carbocycles. The maximum absolute atomic E-state index is 13.1. The van der Waals surface area contributed by atoms with Crippen LogP contribution in [0.5, 0.6) is 0 Å². The number of nitrogens with zero attached hydrogens (tertiary/aromatic N) is 1. The predicted molar refractivity (Wildman–Crippen MR) is 162 cm³/mol. The van der Waals surface area contributed by atoms with E-state index in [4.69, 9.17) is 0 Å². The lowest BCUT2D eigenvalue weighted by atomic mass is 9.71. The molecule has 0 fully saturated rings. The Bertz CT molecular complexity index is 1880. The number of ketones is 2. The van der Waals surface area contributed by atoms with Crippen molar-refractivity contribution >= 4 is 58.8 Å². The average Bonchev–Trinajstić information content (AvgIpc) is 3.17. The van der Waals surface area contributed by atoms with Crippen molar-refractivity contribution in [2.75, 3.05) is 4.90 Å². The van der Waals surface area contributed by atoms with Crippen molar-refractivity contribution in [3.05, 3.63) is 137 Å². The van der Waals surface area contributed by atoms with Crippen LogP contribution in [0, 0.1) is 0 Å². The average molecular weight is 503 g/mol. The minimum atomic E-state index is -0.229. The lowest BCUT2D eigenvalue weighted by Gasteiger charge is -2.42. The molecule has 0 amide bonds. The molecule has 0 spiro atoms. The maximum Gasteiger partial charge on any atom is 0.197 e. The van der Waals surface area contributed by atoms with Crippen LogP contribution in [0.1, 0.15) is 51.3 Å². The fraction of sp³-hybridized carbons (Fsp3) is 0.0857. The van der Waals surface area contributed by atoms with Crippen molar-refractivity contribution < 1.29 is 9.59 Å². The Kier molecular flexibility index (Phi) is 5.05. The Morgan fingerprint density at radius 1 is 0.718 bits per heavy atom. The van der Waals surface area contributed by atoms with Crippen LogP contribution in [-0.4, -0.2) is 19.4 Å². The molecule has 0 bridgehead atoms. The monoisotopic (exact) mass is 503 g/mol. The van der Waals surface area contributed by atoms with E-state index in [1.165, 1.54) is 16.8 Å². The van der Waals surface area contributed by atoms with Gasteiger partial charge >= 0.3 is 0 Å². The largest absolute Gasteiger partial charge is 0.310 e. The number of carbonyl (C=O) groups is 2. The van der Waals surface area contributed by atoms with Gasteiger partial charge in [0.05, 0.1) is 16.9 Å². The van der Waals surface area contributed by atoms with Crippen molar-refractivity contribution in [3.63, 3.8) is 0 Å². The summed E-state index contributed by atoms with van der Waals surface area (Å²) in [5.74, 6) is -0.391. The Labute approximate surface area is 228 Å². The van der Waals surface area contributed by atoms with Crippen molar-refractivity contribution in [1.82, 2.24) is 0 Å². The van der Waals surface area contributed by atoms with Gasteiger partial charge in [-0.2, -0.15) is 0 Å². The molecular formula is C35H26BNO2. The van der Waals surface area contributed by atoms with Gasteiger partial charge in [-0.15, -0.1) is 0 Å². The normalized spacial score (nSPS) is 16.4. The van der Waals surface area contributed by atoms with E-state index in [1.54, 1.807) is 12.1 Å². The lowest BCUT2D eigenvalue weighted by Crippen LogP contribution is -2.30. The summed E-state index contributed by atoms with van der Waals surface area (Å²) in [5, 5.41) is 2.24. The van der Waals surface area contributed by atoms with E-state index in [1.807, 2.05) is 32.1 Å².